The average molecular weight is 370 g/mol. The van der Waals surface area contributed by atoms with Crippen molar-refractivity contribution in [2.45, 2.75) is 12.5 Å². The van der Waals surface area contributed by atoms with Crippen LogP contribution in [-0.2, 0) is 9.59 Å². The third kappa shape index (κ3) is 3.29. The minimum absolute atomic E-state index is 0.0711. The molecule has 4 nitrogen and oxygen atoms in total. The molecule has 1 fully saturated rings. The maximum Gasteiger partial charge on any atom is 0.256 e. The highest BCUT2D eigenvalue weighted by Gasteiger charge is 2.39. The third-order valence-electron chi connectivity index (χ3n) is 3.49. The van der Waals surface area contributed by atoms with Gasteiger partial charge < -0.3 is 5.32 Å². The van der Waals surface area contributed by atoms with Crippen LogP contribution < -0.4 is 10.2 Å². The second kappa shape index (κ2) is 6.40. The number of amides is 2. The van der Waals surface area contributed by atoms with E-state index in [9.17, 15) is 9.59 Å². The lowest BCUT2D eigenvalue weighted by Gasteiger charge is -2.16. The van der Waals surface area contributed by atoms with Crippen LogP contribution in [0.2, 0.25) is 15.1 Å². The van der Waals surface area contributed by atoms with E-state index in [1.165, 1.54) is 0 Å². The number of carbonyl (C=O) groups excluding carboxylic acids is 2. The molecule has 1 atom stereocenters. The highest BCUT2D eigenvalue weighted by atomic mass is 35.5. The summed E-state index contributed by atoms with van der Waals surface area (Å²) in [7, 11) is 0. The Morgan fingerprint density at radius 2 is 1.65 bits per heavy atom. The molecule has 0 spiro atoms. The Morgan fingerprint density at radius 3 is 2.30 bits per heavy atom. The minimum Gasteiger partial charge on any atom is -0.373 e. The van der Waals surface area contributed by atoms with E-state index in [4.69, 9.17) is 34.8 Å². The zero-order chi connectivity index (χ0) is 16.6. The van der Waals surface area contributed by atoms with E-state index >= 15 is 0 Å². The second-order valence-corrected chi connectivity index (χ2v) is 6.32. The molecule has 0 radical (unpaired) electrons. The molecule has 2 aromatic rings. The molecule has 23 heavy (non-hydrogen) atoms. The number of hydrogen-bond acceptors (Lipinski definition) is 3. The molecular weight excluding hydrogens is 359 g/mol. The van der Waals surface area contributed by atoms with E-state index in [1.54, 1.807) is 42.5 Å². The van der Waals surface area contributed by atoms with Gasteiger partial charge in [-0.25, -0.2) is 4.90 Å². The van der Waals surface area contributed by atoms with Gasteiger partial charge in [0, 0.05) is 10.7 Å². The van der Waals surface area contributed by atoms with Crippen LogP contribution in [0.4, 0.5) is 11.4 Å². The Bertz CT molecular complexity index is 777. The van der Waals surface area contributed by atoms with Crippen LogP contribution in [0.3, 0.4) is 0 Å². The molecule has 0 aromatic heterocycles. The van der Waals surface area contributed by atoms with Crippen molar-refractivity contribution in [3.8, 4) is 0 Å². The average Bonchev–Trinajstić information content (AvgIpc) is 2.79. The number of rotatable bonds is 3. The van der Waals surface area contributed by atoms with Crippen molar-refractivity contribution in [3.05, 3.63) is 57.5 Å². The first-order valence-corrected chi connectivity index (χ1v) is 7.93. The highest BCUT2D eigenvalue weighted by Crippen LogP contribution is 2.29. The summed E-state index contributed by atoms with van der Waals surface area (Å²) in [6, 6.07) is 10.9. The predicted octanol–water partition coefficient (Wildman–Crippen LogP) is 4.39. The van der Waals surface area contributed by atoms with Gasteiger partial charge in [0.1, 0.15) is 6.04 Å². The number of nitrogens with zero attached hydrogens (tertiary/aromatic N) is 1. The van der Waals surface area contributed by atoms with Crippen molar-refractivity contribution in [1.82, 2.24) is 0 Å². The van der Waals surface area contributed by atoms with Crippen LogP contribution >= 0.6 is 34.8 Å². The van der Waals surface area contributed by atoms with Gasteiger partial charge in [-0.15, -0.1) is 0 Å². The molecule has 1 heterocycles. The third-order valence-corrected chi connectivity index (χ3v) is 4.48. The van der Waals surface area contributed by atoms with Gasteiger partial charge in [0.25, 0.3) is 5.91 Å². The van der Waals surface area contributed by atoms with Crippen LogP contribution in [-0.4, -0.2) is 17.9 Å². The van der Waals surface area contributed by atoms with Crippen LogP contribution in [0.15, 0.2) is 42.5 Å². The van der Waals surface area contributed by atoms with Crippen molar-refractivity contribution < 1.29 is 9.59 Å². The molecule has 118 valence electrons. The SMILES string of the molecule is O=C1C[C@H](Nc2ccc(Cl)c(Cl)c2)C(=O)N1c1ccc(Cl)cc1. The first-order valence-electron chi connectivity index (χ1n) is 6.79. The van der Waals surface area contributed by atoms with Crippen molar-refractivity contribution in [3.63, 3.8) is 0 Å². The topological polar surface area (TPSA) is 49.4 Å². The number of imide groups is 1. The van der Waals surface area contributed by atoms with Crippen LogP contribution in [0.1, 0.15) is 6.42 Å². The normalized spacial score (nSPS) is 17.7. The quantitative estimate of drug-likeness (QED) is 0.816. The molecule has 7 heteroatoms. The molecule has 0 unspecified atom stereocenters. The zero-order valence-electron chi connectivity index (χ0n) is 11.7. The minimum atomic E-state index is -0.643. The number of hydrogen-bond donors (Lipinski definition) is 1. The maximum atomic E-state index is 12.5. The molecule has 0 saturated carbocycles. The number of halogens is 3. The zero-order valence-corrected chi connectivity index (χ0v) is 14.0. The molecular formula is C16H11Cl3N2O2. The molecule has 3 rings (SSSR count). The van der Waals surface area contributed by atoms with E-state index in [0.717, 1.165) is 4.90 Å². The second-order valence-electron chi connectivity index (χ2n) is 5.07. The number of nitrogens with one attached hydrogen (secondary N) is 1. The summed E-state index contributed by atoms with van der Waals surface area (Å²) >= 11 is 17.7. The lowest BCUT2D eigenvalue weighted by atomic mass is 10.2. The Balaban J connectivity index is 1.80. The fraction of sp³-hybridized carbons (Fsp3) is 0.125. The summed E-state index contributed by atoms with van der Waals surface area (Å²) in [6.45, 7) is 0. The van der Waals surface area contributed by atoms with Crippen molar-refractivity contribution in [2.75, 3.05) is 10.2 Å². The Labute approximate surface area is 147 Å². The van der Waals surface area contributed by atoms with Gasteiger partial charge in [-0.3, -0.25) is 9.59 Å². The number of carbonyl (C=O) groups is 2. The van der Waals surface area contributed by atoms with Crippen LogP contribution in [0, 0.1) is 0 Å². The van der Waals surface area contributed by atoms with Gasteiger partial charge in [0.2, 0.25) is 5.91 Å². The van der Waals surface area contributed by atoms with E-state index in [-0.39, 0.29) is 18.2 Å². The van der Waals surface area contributed by atoms with Gasteiger partial charge in [-0.1, -0.05) is 34.8 Å². The molecule has 1 saturated heterocycles. The first-order chi connectivity index (χ1) is 11.0. The molecule has 1 aliphatic heterocycles. The summed E-state index contributed by atoms with van der Waals surface area (Å²) in [5, 5.41) is 4.36. The predicted molar refractivity (Wildman–Crippen MR) is 92.4 cm³/mol. The molecule has 1 aliphatic rings. The summed E-state index contributed by atoms with van der Waals surface area (Å²) in [5.74, 6) is -0.585. The summed E-state index contributed by atoms with van der Waals surface area (Å²) in [5.41, 5.74) is 1.13. The standard InChI is InChI=1S/C16H11Cl3N2O2/c17-9-1-4-11(5-2-9)21-15(22)8-14(16(21)23)20-10-3-6-12(18)13(19)7-10/h1-7,14,20H,8H2/t14-/m0/s1. The van der Waals surface area contributed by atoms with E-state index in [2.05, 4.69) is 5.32 Å². The number of benzene rings is 2. The van der Waals surface area contributed by atoms with Crippen molar-refractivity contribution in [2.24, 2.45) is 0 Å². The summed E-state index contributed by atoms with van der Waals surface area (Å²) in [4.78, 5) is 25.8. The summed E-state index contributed by atoms with van der Waals surface area (Å²) in [6.07, 6.45) is 0.0711. The van der Waals surface area contributed by atoms with Gasteiger partial charge in [-0.2, -0.15) is 0 Å². The van der Waals surface area contributed by atoms with E-state index in [1.807, 2.05) is 0 Å². The van der Waals surface area contributed by atoms with E-state index in [0.29, 0.717) is 26.4 Å². The van der Waals surface area contributed by atoms with Gasteiger partial charge in [0.05, 0.1) is 22.2 Å². The summed E-state index contributed by atoms with van der Waals surface area (Å²) < 4.78 is 0. The van der Waals surface area contributed by atoms with Gasteiger partial charge >= 0.3 is 0 Å². The van der Waals surface area contributed by atoms with Gasteiger partial charge in [0.15, 0.2) is 0 Å². The Kier molecular flexibility index (Phi) is 4.48. The van der Waals surface area contributed by atoms with Crippen molar-refractivity contribution >= 4 is 58.0 Å². The van der Waals surface area contributed by atoms with Crippen LogP contribution in [0.5, 0.6) is 0 Å². The lowest BCUT2D eigenvalue weighted by molar-refractivity contribution is -0.121. The molecule has 2 aromatic carbocycles. The number of anilines is 2. The smallest absolute Gasteiger partial charge is 0.256 e. The fourth-order valence-electron chi connectivity index (χ4n) is 2.39. The van der Waals surface area contributed by atoms with E-state index < -0.39 is 6.04 Å². The monoisotopic (exact) mass is 368 g/mol. The molecule has 1 N–H and O–H groups in total. The molecule has 0 aliphatic carbocycles. The maximum absolute atomic E-state index is 12.5. The first kappa shape index (κ1) is 16.1. The van der Waals surface area contributed by atoms with Crippen LogP contribution in [0.25, 0.3) is 0 Å². The fourth-order valence-corrected chi connectivity index (χ4v) is 2.82. The molecule has 0 bridgehead atoms. The molecule has 2 amide bonds. The Morgan fingerprint density at radius 1 is 0.957 bits per heavy atom. The highest BCUT2D eigenvalue weighted by molar-refractivity contribution is 6.42. The van der Waals surface area contributed by atoms with Gasteiger partial charge in [-0.05, 0) is 42.5 Å². The Hall–Kier alpha value is -1.75. The lowest BCUT2D eigenvalue weighted by Crippen LogP contribution is -2.34. The van der Waals surface area contributed by atoms with Crippen molar-refractivity contribution in [1.29, 1.82) is 0 Å². The largest absolute Gasteiger partial charge is 0.373 e.